The highest BCUT2D eigenvalue weighted by molar-refractivity contribution is 6.08. The fourth-order valence-corrected chi connectivity index (χ4v) is 5.08. The van der Waals surface area contributed by atoms with E-state index in [4.69, 9.17) is 24.7 Å². The van der Waals surface area contributed by atoms with Gasteiger partial charge in [0.25, 0.3) is 5.91 Å². The highest BCUT2D eigenvalue weighted by Gasteiger charge is 2.43. The van der Waals surface area contributed by atoms with Crippen LogP contribution in [0.15, 0.2) is 95.5 Å². The number of nitrogens with one attached hydrogen (secondary N) is 1. The van der Waals surface area contributed by atoms with Gasteiger partial charge < -0.3 is 30.0 Å². The number of hydrogen-bond donors (Lipinski definition) is 2. The van der Waals surface area contributed by atoms with Gasteiger partial charge in [-0.1, -0.05) is 48.5 Å². The number of nitriles is 1. The Morgan fingerprint density at radius 3 is 2.18 bits per heavy atom. The molecule has 3 N–H and O–H groups in total. The average Bonchev–Trinajstić information content (AvgIpc) is 3.07. The second kappa shape index (κ2) is 13.9. The van der Waals surface area contributed by atoms with Crippen molar-refractivity contribution in [2.24, 2.45) is 5.73 Å². The van der Waals surface area contributed by atoms with Gasteiger partial charge in [-0.05, 0) is 41.8 Å². The van der Waals surface area contributed by atoms with E-state index >= 15 is 0 Å². The zero-order valence-corrected chi connectivity index (χ0v) is 24.7. The molecule has 44 heavy (non-hydrogen) atoms. The zero-order valence-electron chi connectivity index (χ0n) is 24.7. The van der Waals surface area contributed by atoms with E-state index in [0.717, 1.165) is 12.7 Å². The molecule has 0 spiro atoms. The Bertz CT molecular complexity index is 1670. The molecule has 0 radical (unpaired) electrons. The maximum absolute atomic E-state index is 13.6. The number of benzene rings is 3. The summed E-state index contributed by atoms with van der Waals surface area (Å²) in [6, 6.07) is 22.7. The van der Waals surface area contributed by atoms with E-state index in [1.807, 2.05) is 12.1 Å². The molecule has 0 aromatic heterocycles. The number of nitrogens with zero attached hydrogens (tertiary/aromatic N) is 2. The van der Waals surface area contributed by atoms with E-state index < -0.39 is 23.8 Å². The molecule has 1 heterocycles. The fourth-order valence-electron chi connectivity index (χ4n) is 5.08. The standard InChI is InChI=1S/C33H32N4O7/c1-41-25-15-14-20(18-26(25)42-2)16-17-36-31(38)22-12-8-9-13-24(22)37-29(33(40)44-4)28(32(39)43-3)27(23(19-34)30(37)35)21-10-6-5-7-11-21/h5-15,18,27H,16-17,35H2,1-4H3,(H,36,38). The number of rotatable bonds is 10. The van der Waals surface area contributed by atoms with Gasteiger partial charge in [-0.3, -0.25) is 9.69 Å². The predicted octanol–water partition coefficient (Wildman–Crippen LogP) is 3.57. The number of amides is 1. The molecule has 1 amide bonds. The summed E-state index contributed by atoms with van der Waals surface area (Å²) < 4.78 is 20.8. The smallest absolute Gasteiger partial charge is 0.355 e. The molecule has 11 nitrogen and oxygen atoms in total. The minimum Gasteiger partial charge on any atom is -0.493 e. The van der Waals surface area contributed by atoms with Crippen LogP contribution in [0.5, 0.6) is 11.5 Å². The van der Waals surface area contributed by atoms with Gasteiger partial charge >= 0.3 is 11.9 Å². The molecular formula is C33H32N4O7. The first-order valence-electron chi connectivity index (χ1n) is 13.5. The van der Waals surface area contributed by atoms with Crippen LogP contribution in [0.25, 0.3) is 0 Å². The van der Waals surface area contributed by atoms with Crippen LogP contribution in [0.1, 0.15) is 27.4 Å². The van der Waals surface area contributed by atoms with E-state index in [0.29, 0.717) is 23.5 Å². The number of anilines is 1. The number of carbonyl (C=O) groups is 3. The number of methoxy groups -OCH3 is 4. The van der Waals surface area contributed by atoms with Gasteiger partial charge in [0.05, 0.1) is 62.8 Å². The van der Waals surface area contributed by atoms with Crippen LogP contribution in [0.2, 0.25) is 0 Å². The maximum Gasteiger partial charge on any atom is 0.355 e. The monoisotopic (exact) mass is 596 g/mol. The molecule has 3 aromatic rings. The molecule has 3 aromatic carbocycles. The molecule has 0 saturated carbocycles. The van der Waals surface area contributed by atoms with E-state index in [-0.39, 0.29) is 40.5 Å². The molecule has 0 bridgehead atoms. The lowest BCUT2D eigenvalue weighted by Gasteiger charge is -2.36. The van der Waals surface area contributed by atoms with Crippen molar-refractivity contribution in [3.8, 4) is 17.6 Å². The average molecular weight is 597 g/mol. The Kier molecular flexibility index (Phi) is 9.88. The molecule has 0 aliphatic carbocycles. The molecule has 1 unspecified atom stereocenters. The first-order valence-corrected chi connectivity index (χ1v) is 13.5. The summed E-state index contributed by atoms with van der Waals surface area (Å²) in [4.78, 5) is 41.5. The van der Waals surface area contributed by atoms with Crippen LogP contribution >= 0.6 is 0 Å². The van der Waals surface area contributed by atoms with Gasteiger partial charge in [0.15, 0.2) is 11.5 Å². The Balaban J connectivity index is 1.77. The molecule has 226 valence electrons. The molecule has 0 fully saturated rings. The second-order valence-corrected chi connectivity index (χ2v) is 9.55. The SMILES string of the molecule is COC(=O)C1=C(C(=O)OC)N(c2ccccc2C(=O)NCCc2ccc(OC)c(OC)c2)C(N)=C(C#N)C1c1ccccc1. The summed E-state index contributed by atoms with van der Waals surface area (Å²) in [7, 11) is 5.43. The Morgan fingerprint density at radius 1 is 0.886 bits per heavy atom. The van der Waals surface area contributed by atoms with Crippen molar-refractivity contribution < 1.29 is 33.3 Å². The molecule has 1 aliphatic heterocycles. The molecule has 1 aliphatic rings. The lowest BCUT2D eigenvalue weighted by molar-refractivity contribution is -0.139. The number of carbonyl (C=O) groups excluding carboxylic acids is 3. The largest absolute Gasteiger partial charge is 0.493 e. The normalized spacial score (nSPS) is 14.4. The summed E-state index contributed by atoms with van der Waals surface area (Å²) in [5.41, 5.74) is 7.93. The first-order chi connectivity index (χ1) is 21.3. The van der Waals surface area contributed by atoms with Gasteiger partial charge in [-0.15, -0.1) is 0 Å². The summed E-state index contributed by atoms with van der Waals surface area (Å²) >= 11 is 0. The van der Waals surface area contributed by atoms with Crippen LogP contribution in [-0.4, -0.2) is 52.8 Å². The van der Waals surface area contributed by atoms with Crippen LogP contribution in [0.3, 0.4) is 0 Å². The van der Waals surface area contributed by atoms with Gasteiger partial charge in [0.1, 0.15) is 11.5 Å². The number of para-hydroxylation sites is 1. The van der Waals surface area contributed by atoms with E-state index in [1.165, 1.54) is 12.0 Å². The molecule has 4 rings (SSSR count). The van der Waals surface area contributed by atoms with Crippen molar-refractivity contribution >= 4 is 23.5 Å². The maximum atomic E-state index is 13.6. The Morgan fingerprint density at radius 2 is 1.55 bits per heavy atom. The summed E-state index contributed by atoms with van der Waals surface area (Å²) in [6.45, 7) is 0.264. The highest BCUT2D eigenvalue weighted by atomic mass is 16.5. The van der Waals surface area contributed by atoms with E-state index in [2.05, 4.69) is 11.4 Å². The quantitative estimate of drug-likeness (QED) is 0.332. The zero-order chi connectivity index (χ0) is 31.8. The van der Waals surface area contributed by atoms with Crippen molar-refractivity contribution in [3.63, 3.8) is 0 Å². The number of allylic oxidation sites excluding steroid dienone is 1. The minimum atomic E-state index is -1.03. The van der Waals surface area contributed by atoms with Crippen molar-refractivity contribution in [1.82, 2.24) is 5.32 Å². The van der Waals surface area contributed by atoms with Crippen molar-refractivity contribution in [3.05, 3.63) is 112 Å². The van der Waals surface area contributed by atoms with Gasteiger partial charge in [-0.2, -0.15) is 5.26 Å². The van der Waals surface area contributed by atoms with Crippen molar-refractivity contribution in [2.45, 2.75) is 12.3 Å². The first kappa shape index (κ1) is 31.2. The third kappa shape index (κ3) is 6.05. The molecule has 1 atom stereocenters. The van der Waals surface area contributed by atoms with E-state index in [1.54, 1.807) is 74.9 Å². The predicted molar refractivity (Wildman–Crippen MR) is 162 cm³/mol. The van der Waals surface area contributed by atoms with Crippen LogP contribution in [0.4, 0.5) is 5.69 Å². The fraction of sp³-hybridized carbons (Fsp3) is 0.212. The van der Waals surface area contributed by atoms with Gasteiger partial charge in [0.2, 0.25) is 0 Å². The molecular weight excluding hydrogens is 564 g/mol. The van der Waals surface area contributed by atoms with Crippen LogP contribution in [-0.2, 0) is 25.5 Å². The third-order valence-electron chi connectivity index (χ3n) is 7.15. The number of ether oxygens (including phenoxy) is 4. The van der Waals surface area contributed by atoms with E-state index in [9.17, 15) is 19.6 Å². The summed E-state index contributed by atoms with van der Waals surface area (Å²) in [5, 5.41) is 13.2. The Labute approximate surface area is 255 Å². The van der Waals surface area contributed by atoms with Crippen LogP contribution < -0.4 is 25.4 Å². The molecule has 0 saturated heterocycles. The number of esters is 2. The highest BCUT2D eigenvalue weighted by Crippen LogP contribution is 2.43. The number of nitrogens with two attached hydrogens (primary N) is 1. The third-order valence-corrected chi connectivity index (χ3v) is 7.15. The van der Waals surface area contributed by atoms with Crippen molar-refractivity contribution in [1.29, 1.82) is 5.26 Å². The summed E-state index contributed by atoms with van der Waals surface area (Å²) in [5.74, 6) is -2.24. The minimum absolute atomic E-state index is 0.00656. The topological polar surface area (TPSA) is 153 Å². The lowest BCUT2D eigenvalue weighted by Crippen LogP contribution is -2.41. The Hall–Kier alpha value is -5.76. The second-order valence-electron chi connectivity index (χ2n) is 9.55. The molecule has 11 heteroatoms. The van der Waals surface area contributed by atoms with Gasteiger partial charge in [0, 0.05) is 6.54 Å². The van der Waals surface area contributed by atoms with Crippen LogP contribution in [0, 0.1) is 11.3 Å². The number of hydrogen-bond acceptors (Lipinski definition) is 10. The lowest BCUT2D eigenvalue weighted by atomic mass is 9.80. The van der Waals surface area contributed by atoms with Crippen molar-refractivity contribution in [2.75, 3.05) is 39.9 Å². The summed E-state index contributed by atoms with van der Waals surface area (Å²) in [6.07, 6.45) is 0.483. The van der Waals surface area contributed by atoms with Gasteiger partial charge in [-0.25, -0.2) is 9.59 Å².